The maximum absolute atomic E-state index is 13.7. The minimum atomic E-state index is -0.918. The largest absolute Gasteiger partial charge is 0.376 e. The molecule has 1 aliphatic rings. The fourth-order valence-electron chi connectivity index (χ4n) is 4.36. The average Bonchev–Trinajstić information content (AvgIpc) is 3.64. The van der Waals surface area contributed by atoms with Crippen molar-refractivity contribution in [2.75, 3.05) is 24.6 Å². The lowest BCUT2D eigenvalue weighted by Gasteiger charge is -2.32. The van der Waals surface area contributed by atoms with Gasteiger partial charge in [0.05, 0.1) is 17.5 Å². The van der Waals surface area contributed by atoms with Crippen LogP contribution in [0.4, 0.5) is 5.69 Å². The van der Waals surface area contributed by atoms with Crippen molar-refractivity contribution in [3.05, 3.63) is 88.1 Å². The van der Waals surface area contributed by atoms with Gasteiger partial charge >= 0.3 is 0 Å². The van der Waals surface area contributed by atoms with Crippen LogP contribution in [-0.2, 0) is 14.3 Å². The molecule has 8 heteroatoms. The van der Waals surface area contributed by atoms with Crippen molar-refractivity contribution in [2.24, 2.45) is 0 Å². The van der Waals surface area contributed by atoms with Crippen LogP contribution in [0.3, 0.4) is 0 Å². The van der Waals surface area contributed by atoms with Crippen molar-refractivity contribution >= 4 is 34.7 Å². The van der Waals surface area contributed by atoms with Crippen molar-refractivity contribution in [3.63, 3.8) is 0 Å². The molecule has 0 radical (unpaired) electrons. The summed E-state index contributed by atoms with van der Waals surface area (Å²) in [5, 5.41) is 7.53. The van der Waals surface area contributed by atoms with Crippen LogP contribution < -0.4 is 15.5 Å². The highest BCUT2D eigenvalue weighted by Gasteiger charge is 2.33. The van der Waals surface area contributed by atoms with E-state index in [1.54, 1.807) is 12.1 Å². The van der Waals surface area contributed by atoms with E-state index in [2.05, 4.69) is 24.5 Å². The lowest BCUT2D eigenvalue weighted by atomic mass is 10.0. The van der Waals surface area contributed by atoms with Crippen molar-refractivity contribution in [1.29, 1.82) is 0 Å². The number of thiophene rings is 1. The third-order valence-electron chi connectivity index (χ3n) is 6.40. The molecule has 1 aromatic heterocycles. The SMILES string of the molecule is CC(C)c1ccc(N(C(=O)CNC(=O)c2cccs2)[C@H](C(=O)NC[C@H]2CCCO2)c2ccccc2)cc1. The minimum absolute atomic E-state index is 0.0278. The molecule has 2 aromatic carbocycles. The Morgan fingerprint density at radius 3 is 2.35 bits per heavy atom. The third-order valence-corrected chi connectivity index (χ3v) is 7.27. The second kappa shape index (κ2) is 12.7. The number of benzene rings is 2. The molecule has 3 amide bonds. The Morgan fingerprint density at radius 1 is 0.973 bits per heavy atom. The maximum Gasteiger partial charge on any atom is 0.261 e. The molecule has 2 heterocycles. The van der Waals surface area contributed by atoms with Crippen LogP contribution in [0.15, 0.2) is 72.1 Å². The predicted molar refractivity (Wildman–Crippen MR) is 146 cm³/mol. The zero-order valence-electron chi connectivity index (χ0n) is 21.2. The summed E-state index contributed by atoms with van der Waals surface area (Å²) in [6.07, 6.45) is 1.84. The van der Waals surface area contributed by atoms with Crippen LogP contribution >= 0.6 is 11.3 Å². The normalized spacial score (nSPS) is 15.8. The van der Waals surface area contributed by atoms with E-state index in [0.29, 0.717) is 35.2 Å². The Labute approximate surface area is 221 Å². The number of nitrogens with zero attached hydrogens (tertiary/aromatic N) is 1. The maximum atomic E-state index is 13.7. The molecule has 194 valence electrons. The molecule has 1 saturated heterocycles. The smallest absolute Gasteiger partial charge is 0.261 e. The summed E-state index contributed by atoms with van der Waals surface area (Å²) in [6.45, 7) is 5.03. The number of carbonyl (C=O) groups is 3. The van der Waals surface area contributed by atoms with E-state index in [9.17, 15) is 14.4 Å². The molecular weight excluding hydrogens is 486 g/mol. The third kappa shape index (κ3) is 6.84. The van der Waals surface area contributed by atoms with E-state index in [0.717, 1.165) is 18.4 Å². The molecule has 37 heavy (non-hydrogen) atoms. The number of hydrogen-bond acceptors (Lipinski definition) is 5. The van der Waals surface area contributed by atoms with E-state index in [-0.39, 0.29) is 30.4 Å². The van der Waals surface area contributed by atoms with Crippen molar-refractivity contribution in [1.82, 2.24) is 10.6 Å². The Morgan fingerprint density at radius 2 is 1.73 bits per heavy atom. The van der Waals surface area contributed by atoms with Crippen LogP contribution in [0.25, 0.3) is 0 Å². The fourth-order valence-corrected chi connectivity index (χ4v) is 5.00. The van der Waals surface area contributed by atoms with Crippen molar-refractivity contribution in [3.8, 4) is 0 Å². The first-order chi connectivity index (χ1) is 17.9. The summed E-state index contributed by atoms with van der Waals surface area (Å²) < 4.78 is 5.68. The van der Waals surface area contributed by atoms with Crippen molar-refractivity contribution < 1.29 is 19.1 Å². The second-order valence-electron chi connectivity index (χ2n) is 9.36. The van der Waals surface area contributed by atoms with E-state index < -0.39 is 6.04 Å². The minimum Gasteiger partial charge on any atom is -0.376 e. The lowest BCUT2D eigenvalue weighted by Crippen LogP contribution is -2.48. The van der Waals surface area contributed by atoms with E-state index in [1.807, 2.05) is 60.0 Å². The number of rotatable bonds is 10. The number of amides is 3. The van der Waals surface area contributed by atoms with E-state index in [4.69, 9.17) is 4.74 Å². The van der Waals surface area contributed by atoms with Crippen LogP contribution in [0.1, 0.15) is 59.4 Å². The first-order valence-electron chi connectivity index (χ1n) is 12.6. The van der Waals surface area contributed by atoms with Gasteiger partial charge in [-0.2, -0.15) is 0 Å². The Balaban J connectivity index is 1.64. The van der Waals surface area contributed by atoms with Gasteiger partial charge < -0.3 is 15.4 Å². The van der Waals surface area contributed by atoms with Gasteiger partial charge in [0.1, 0.15) is 6.04 Å². The first kappa shape index (κ1) is 26.6. The number of ether oxygens (including phenoxy) is 1. The highest BCUT2D eigenvalue weighted by Crippen LogP contribution is 2.29. The number of hydrogen-bond donors (Lipinski definition) is 2. The van der Waals surface area contributed by atoms with Gasteiger partial charge in [0.2, 0.25) is 11.8 Å². The monoisotopic (exact) mass is 519 g/mol. The first-order valence-corrected chi connectivity index (χ1v) is 13.5. The zero-order chi connectivity index (χ0) is 26.2. The fraction of sp³-hybridized carbons (Fsp3) is 0.345. The molecule has 0 bridgehead atoms. The summed E-state index contributed by atoms with van der Waals surface area (Å²) in [7, 11) is 0. The van der Waals surface area contributed by atoms with Crippen LogP contribution in [-0.4, -0.2) is 43.5 Å². The summed E-state index contributed by atoms with van der Waals surface area (Å²) >= 11 is 1.31. The number of carbonyl (C=O) groups excluding carboxylic acids is 3. The Hall–Kier alpha value is -3.49. The quantitative estimate of drug-likeness (QED) is 0.408. The summed E-state index contributed by atoms with van der Waals surface area (Å²) in [5.74, 6) is -0.684. The molecule has 0 aliphatic carbocycles. The van der Waals surface area contributed by atoms with Gasteiger partial charge in [0.15, 0.2) is 0 Å². The molecular formula is C29H33N3O4S. The van der Waals surface area contributed by atoms with E-state index >= 15 is 0 Å². The zero-order valence-corrected chi connectivity index (χ0v) is 22.0. The number of anilines is 1. The van der Waals surface area contributed by atoms with Crippen LogP contribution in [0, 0.1) is 0 Å². The van der Waals surface area contributed by atoms with Gasteiger partial charge in [0.25, 0.3) is 5.91 Å². The van der Waals surface area contributed by atoms with Gasteiger partial charge in [0, 0.05) is 18.8 Å². The topological polar surface area (TPSA) is 87.7 Å². The van der Waals surface area contributed by atoms with Crippen LogP contribution in [0.2, 0.25) is 0 Å². The molecule has 4 rings (SSSR count). The summed E-state index contributed by atoms with van der Waals surface area (Å²) in [4.78, 5) is 42.0. The molecule has 3 aromatic rings. The summed E-state index contributed by atoms with van der Waals surface area (Å²) in [5.41, 5.74) is 2.39. The van der Waals surface area contributed by atoms with Crippen molar-refractivity contribution in [2.45, 2.75) is 44.8 Å². The molecule has 1 fully saturated rings. The molecule has 2 atom stereocenters. The second-order valence-corrected chi connectivity index (χ2v) is 10.3. The summed E-state index contributed by atoms with van der Waals surface area (Å²) in [6, 6.07) is 19.5. The molecule has 2 N–H and O–H groups in total. The van der Waals surface area contributed by atoms with Gasteiger partial charge in [-0.1, -0.05) is 62.4 Å². The Kier molecular flexibility index (Phi) is 9.09. The molecule has 0 saturated carbocycles. The lowest BCUT2D eigenvalue weighted by molar-refractivity contribution is -0.126. The molecule has 0 spiro atoms. The molecule has 1 aliphatic heterocycles. The average molecular weight is 520 g/mol. The highest BCUT2D eigenvalue weighted by atomic mass is 32.1. The van der Waals surface area contributed by atoms with Gasteiger partial charge in [-0.3, -0.25) is 19.3 Å². The van der Waals surface area contributed by atoms with E-state index in [1.165, 1.54) is 16.2 Å². The highest BCUT2D eigenvalue weighted by molar-refractivity contribution is 7.12. The Bertz CT molecular complexity index is 1170. The molecule has 7 nitrogen and oxygen atoms in total. The number of nitrogens with one attached hydrogen (secondary N) is 2. The van der Waals surface area contributed by atoms with Crippen LogP contribution in [0.5, 0.6) is 0 Å². The van der Waals surface area contributed by atoms with Gasteiger partial charge in [-0.05, 0) is 53.5 Å². The van der Waals surface area contributed by atoms with Gasteiger partial charge in [-0.15, -0.1) is 11.3 Å². The standard InChI is InChI=1S/C29H33N3O4S/c1-20(2)21-12-14-23(15-13-21)32(26(33)19-31-28(34)25-11-7-17-37-25)27(22-8-4-3-5-9-22)29(35)30-18-24-10-6-16-36-24/h3-5,7-9,11-15,17,20,24,27H,6,10,16,18-19H2,1-2H3,(H,30,35)(H,31,34)/t24-,27+/m1/s1. The van der Waals surface area contributed by atoms with Gasteiger partial charge in [-0.25, -0.2) is 0 Å². The predicted octanol–water partition coefficient (Wildman–Crippen LogP) is 4.67. The molecule has 0 unspecified atom stereocenters.